The molecule has 0 atom stereocenters. The highest BCUT2D eigenvalue weighted by Crippen LogP contribution is 2.24. The van der Waals surface area contributed by atoms with Gasteiger partial charge in [0.15, 0.2) is 0 Å². The third-order valence-electron chi connectivity index (χ3n) is 2.71. The van der Waals surface area contributed by atoms with E-state index >= 15 is 0 Å². The zero-order valence-electron chi connectivity index (χ0n) is 12.4. The normalized spacial score (nSPS) is 10.3. The maximum Gasteiger partial charge on any atom is 0.315 e. The lowest BCUT2D eigenvalue weighted by atomic mass is 10.1. The summed E-state index contributed by atoms with van der Waals surface area (Å²) in [5.74, 6) is 1.80. The van der Waals surface area contributed by atoms with Crippen molar-refractivity contribution in [1.82, 2.24) is 5.32 Å². The molecule has 0 aliphatic carbocycles. The van der Waals surface area contributed by atoms with Crippen LogP contribution in [0.2, 0.25) is 0 Å². The Labute approximate surface area is 125 Å². The SMILES string of the molecule is CCNCc1ccc(OC)c(CSCC(=O)OCC)c1. The van der Waals surface area contributed by atoms with Crippen LogP contribution in [0.15, 0.2) is 18.2 Å². The Morgan fingerprint density at radius 2 is 2.15 bits per heavy atom. The smallest absolute Gasteiger partial charge is 0.315 e. The molecule has 0 unspecified atom stereocenters. The molecule has 1 aromatic rings. The van der Waals surface area contributed by atoms with Crippen molar-refractivity contribution in [2.45, 2.75) is 26.1 Å². The molecule has 0 aromatic heterocycles. The van der Waals surface area contributed by atoms with Gasteiger partial charge in [-0.1, -0.05) is 13.0 Å². The zero-order valence-corrected chi connectivity index (χ0v) is 13.2. The van der Waals surface area contributed by atoms with E-state index in [4.69, 9.17) is 9.47 Å². The summed E-state index contributed by atoms with van der Waals surface area (Å²) in [6, 6.07) is 6.16. The fourth-order valence-corrected chi connectivity index (χ4v) is 2.57. The van der Waals surface area contributed by atoms with Crippen LogP contribution in [0.25, 0.3) is 0 Å². The van der Waals surface area contributed by atoms with E-state index in [9.17, 15) is 4.79 Å². The van der Waals surface area contributed by atoms with E-state index in [-0.39, 0.29) is 5.97 Å². The molecule has 1 aromatic carbocycles. The third-order valence-corrected chi connectivity index (χ3v) is 3.66. The van der Waals surface area contributed by atoms with Gasteiger partial charge in [0.05, 0.1) is 19.5 Å². The van der Waals surface area contributed by atoms with Gasteiger partial charge in [0.25, 0.3) is 0 Å². The number of rotatable bonds is 9. The molecule has 0 aliphatic heterocycles. The first-order valence-corrected chi connectivity index (χ1v) is 7.96. The second-order valence-electron chi connectivity index (χ2n) is 4.22. The molecule has 112 valence electrons. The highest BCUT2D eigenvalue weighted by atomic mass is 32.2. The Morgan fingerprint density at radius 3 is 2.80 bits per heavy atom. The van der Waals surface area contributed by atoms with Gasteiger partial charge in [0.2, 0.25) is 0 Å². The molecule has 4 nitrogen and oxygen atoms in total. The molecule has 1 N–H and O–H groups in total. The van der Waals surface area contributed by atoms with E-state index in [1.54, 1.807) is 18.9 Å². The van der Waals surface area contributed by atoms with Gasteiger partial charge in [0.1, 0.15) is 5.75 Å². The van der Waals surface area contributed by atoms with Crippen LogP contribution < -0.4 is 10.1 Å². The van der Waals surface area contributed by atoms with Crippen molar-refractivity contribution in [3.05, 3.63) is 29.3 Å². The number of ether oxygens (including phenoxy) is 2. The number of thioether (sulfide) groups is 1. The lowest BCUT2D eigenvalue weighted by molar-refractivity contribution is -0.139. The average molecular weight is 297 g/mol. The predicted molar refractivity (Wildman–Crippen MR) is 83.2 cm³/mol. The van der Waals surface area contributed by atoms with Crippen molar-refractivity contribution in [3.8, 4) is 5.75 Å². The van der Waals surface area contributed by atoms with E-state index in [2.05, 4.69) is 24.4 Å². The van der Waals surface area contributed by atoms with Crippen LogP contribution in [-0.2, 0) is 21.8 Å². The molecule has 0 saturated carbocycles. The van der Waals surface area contributed by atoms with E-state index in [0.717, 1.165) is 30.2 Å². The molecule has 1 rings (SSSR count). The van der Waals surface area contributed by atoms with Crippen LogP contribution >= 0.6 is 11.8 Å². The molecule has 0 fully saturated rings. The Bertz CT molecular complexity index is 424. The second kappa shape index (κ2) is 9.66. The molecule has 0 saturated heterocycles. The van der Waals surface area contributed by atoms with E-state index < -0.39 is 0 Å². The van der Waals surface area contributed by atoms with Crippen LogP contribution in [0.1, 0.15) is 25.0 Å². The van der Waals surface area contributed by atoms with Gasteiger partial charge in [-0.2, -0.15) is 0 Å². The minimum atomic E-state index is -0.166. The summed E-state index contributed by atoms with van der Waals surface area (Å²) in [5, 5.41) is 3.30. The molecule has 20 heavy (non-hydrogen) atoms. The molecular weight excluding hydrogens is 274 g/mol. The molecule has 0 bridgehead atoms. The molecule has 0 aliphatic rings. The van der Waals surface area contributed by atoms with Crippen molar-refractivity contribution >= 4 is 17.7 Å². The van der Waals surface area contributed by atoms with Crippen molar-refractivity contribution in [2.24, 2.45) is 0 Å². The third kappa shape index (κ3) is 5.84. The van der Waals surface area contributed by atoms with E-state index in [0.29, 0.717) is 12.4 Å². The topological polar surface area (TPSA) is 47.6 Å². The van der Waals surface area contributed by atoms with Gasteiger partial charge in [-0.05, 0) is 31.2 Å². The summed E-state index contributed by atoms with van der Waals surface area (Å²) in [6.45, 7) is 6.12. The molecule has 5 heteroatoms. The summed E-state index contributed by atoms with van der Waals surface area (Å²) in [4.78, 5) is 11.3. The van der Waals surface area contributed by atoms with Crippen molar-refractivity contribution in [2.75, 3.05) is 26.0 Å². The van der Waals surface area contributed by atoms with Crippen LogP contribution in [0, 0.1) is 0 Å². The van der Waals surface area contributed by atoms with Crippen LogP contribution in [0.3, 0.4) is 0 Å². The van der Waals surface area contributed by atoms with Gasteiger partial charge < -0.3 is 14.8 Å². The fraction of sp³-hybridized carbons (Fsp3) is 0.533. The lowest BCUT2D eigenvalue weighted by Crippen LogP contribution is -2.12. The molecule has 0 spiro atoms. The number of esters is 1. The van der Waals surface area contributed by atoms with Gasteiger partial charge in [-0.25, -0.2) is 0 Å². The number of hydrogen-bond acceptors (Lipinski definition) is 5. The largest absolute Gasteiger partial charge is 0.496 e. The Hall–Kier alpha value is -1.20. The van der Waals surface area contributed by atoms with Gasteiger partial charge in [-0.3, -0.25) is 4.79 Å². The summed E-state index contributed by atoms with van der Waals surface area (Å²) < 4.78 is 10.3. The van der Waals surface area contributed by atoms with E-state index in [1.807, 2.05) is 13.0 Å². The minimum absolute atomic E-state index is 0.166. The standard InChI is InChI=1S/C15H23NO3S/c1-4-16-9-12-6-7-14(18-3)13(8-12)10-20-11-15(17)19-5-2/h6-8,16H,4-5,9-11H2,1-3H3. The van der Waals surface area contributed by atoms with Gasteiger partial charge in [0, 0.05) is 17.9 Å². The first-order chi connectivity index (χ1) is 9.71. The predicted octanol–water partition coefficient (Wildman–Crippen LogP) is 2.60. The Morgan fingerprint density at radius 1 is 1.35 bits per heavy atom. The average Bonchev–Trinajstić information content (AvgIpc) is 2.45. The second-order valence-corrected chi connectivity index (χ2v) is 5.21. The number of hydrogen-bond donors (Lipinski definition) is 1. The molecule has 0 radical (unpaired) electrons. The van der Waals surface area contributed by atoms with E-state index in [1.165, 1.54) is 5.56 Å². The van der Waals surface area contributed by atoms with Crippen LogP contribution in [-0.4, -0.2) is 32.0 Å². The lowest BCUT2D eigenvalue weighted by Gasteiger charge is -2.11. The first-order valence-electron chi connectivity index (χ1n) is 6.81. The summed E-state index contributed by atoms with van der Waals surface area (Å²) in [6.07, 6.45) is 0. The Kier molecular flexibility index (Phi) is 8.14. The maximum atomic E-state index is 11.3. The number of nitrogens with one attached hydrogen (secondary N) is 1. The summed E-state index contributed by atoms with van der Waals surface area (Å²) >= 11 is 1.54. The van der Waals surface area contributed by atoms with Crippen molar-refractivity contribution < 1.29 is 14.3 Å². The number of carbonyl (C=O) groups is 1. The zero-order chi connectivity index (χ0) is 14.8. The van der Waals surface area contributed by atoms with Crippen molar-refractivity contribution in [3.63, 3.8) is 0 Å². The highest BCUT2D eigenvalue weighted by molar-refractivity contribution is 7.99. The van der Waals surface area contributed by atoms with Gasteiger partial charge >= 0.3 is 5.97 Å². The highest BCUT2D eigenvalue weighted by Gasteiger charge is 2.07. The summed E-state index contributed by atoms with van der Waals surface area (Å²) in [7, 11) is 1.67. The number of carbonyl (C=O) groups excluding carboxylic acids is 1. The summed E-state index contributed by atoms with van der Waals surface area (Å²) in [5.41, 5.74) is 2.33. The molecular formula is C15H23NO3S. The fourth-order valence-electron chi connectivity index (χ4n) is 1.77. The van der Waals surface area contributed by atoms with Gasteiger partial charge in [-0.15, -0.1) is 11.8 Å². The van der Waals surface area contributed by atoms with Crippen LogP contribution in [0.5, 0.6) is 5.75 Å². The number of methoxy groups -OCH3 is 1. The minimum Gasteiger partial charge on any atom is -0.496 e. The Balaban J connectivity index is 2.59. The quantitative estimate of drug-likeness (QED) is 0.710. The van der Waals surface area contributed by atoms with Crippen LogP contribution in [0.4, 0.5) is 0 Å². The molecule has 0 heterocycles. The monoisotopic (exact) mass is 297 g/mol. The van der Waals surface area contributed by atoms with Crippen molar-refractivity contribution in [1.29, 1.82) is 0 Å². The first kappa shape index (κ1) is 16.9. The molecule has 0 amide bonds. The maximum absolute atomic E-state index is 11.3. The number of benzene rings is 1.